The lowest BCUT2D eigenvalue weighted by Crippen LogP contribution is -2.52. The van der Waals surface area contributed by atoms with Crippen LogP contribution in [0.25, 0.3) is 0 Å². The zero-order valence-corrected chi connectivity index (χ0v) is 11.8. The molecule has 0 N–H and O–H groups in total. The van der Waals surface area contributed by atoms with E-state index in [1.54, 1.807) is 0 Å². The van der Waals surface area contributed by atoms with Crippen LogP contribution >= 0.6 is 0 Å². The summed E-state index contributed by atoms with van der Waals surface area (Å²) in [6.45, 7) is 6.42. The van der Waals surface area contributed by atoms with Gasteiger partial charge in [0.2, 0.25) is 0 Å². The van der Waals surface area contributed by atoms with Crippen LogP contribution in [0.1, 0.15) is 50.0 Å². The first-order valence-corrected chi connectivity index (χ1v) is 7.29. The van der Waals surface area contributed by atoms with E-state index in [4.69, 9.17) is 9.15 Å². The van der Waals surface area contributed by atoms with Crippen LogP contribution in [-0.2, 0) is 21.6 Å². The van der Waals surface area contributed by atoms with E-state index in [9.17, 15) is 4.79 Å². The van der Waals surface area contributed by atoms with Gasteiger partial charge in [0.25, 0.3) is 0 Å². The summed E-state index contributed by atoms with van der Waals surface area (Å²) < 4.78 is 11.7. The van der Waals surface area contributed by atoms with Gasteiger partial charge in [-0.3, -0.25) is 4.79 Å². The van der Waals surface area contributed by atoms with Crippen molar-refractivity contribution in [2.45, 2.75) is 52.1 Å². The van der Waals surface area contributed by atoms with E-state index in [2.05, 4.69) is 20.8 Å². The van der Waals surface area contributed by atoms with Crippen LogP contribution < -0.4 is 0 Å². The number of fused-ring (bicyclic) bond motifs is 2. The quantitative estimate of drug-likeness (QED) is 0.672. The number of rotatable bonds is 0. The predicted molar refractivity (Wildman–Crippen MR) is 69.5 cm³/mol. The molecule has 3 aliphatic rings. The molecule has 3 heteroatoms. The van der Waals surface area contributed by atoms with Gasteiger partial charge in [-0.1, -0.05) is 13.3 Å². The van der Waals surface area contributed by atoms with E-state index in [-0.39, 0.29) is 17.3 Å². The molecule has 102 valence electrons. The third-order valence-corrected chi connectivity index (χ3v) is 6.19. The minimum Gasteiger partial charge on any atom is -0.469 e. The van der Waals surface area contributed by atoms with Crippen LogP contribution in [0.2, 0.25) is 0 Å². The van der Waals surface area contributed by atoms with E-state index in [0.717, 1.165) is 36.1 Å². The Morgan fingerprint density at radius 2 is 2.11 bits per heavy atom. The van der Waals surface area contributed by atoms with Gasteiger partial charge < -0.3 is 9.15 Å². The van der Waals surface area contributed by atoms with Gasteiger partial charge in [-0.05, 0) is 38.2 Å². The van der Waals surface area contributed by atoms with Crippen LogP contribution in [0.15, 0.2) is 10.7 Å². The summed E-state index contributed by atoms with van der Waals surface area (Å²) in [5, 5.41) is 0. The molecule has 0 spiro atoms. The standard InChI is InChI=1S/C16H20O3/c1-9-8-18-12-7-10-5-4-6-11-14(17)19-16(3,13(9)12)15(10,11)2/h8,10-11H,4-7H2,1-3H3/t10-,11-,15+,16+/m1/s1. The zero-order valence-electron chi connectivity index (χ0n) is 11.8. The van der Waals surface area contributed by atoms with Crippen LogP contribution in [-0.4, -0.2) is 5.97 Å². The largest absolute Gasteiger partial charge is 0.469 e. The highest BCUT2D eigenvalue weighted by Crippen LogP contribution is 2.66. The van der Waals surface area contributed by atoms with E-state index in [1.165, 1.54) is 6.42 Å². The third-order valence-electron chi connectivity index (χ3n) is 6.19. The number of aryl methyl sites for hydroxylation is 1. The summed E-state index contributed by atoms with van der Waals surface area (Å²) >= 11 is 0. The molecular weight excluding hydrogens is 240 g/mol. The molecule has 19 heavy (non-hydrogen) atoms. The second-order valence-electron chi connectivity index (χ2n) is 6.84. The number of carbonyl (C=O) groups is 1. The summed E-state index contributed by atoms with van der Waals surface area (Å²) in [5.74, 6) is 1.61. The molecule has 0 aromatic carbocycles. The Kier molecular flexibility index (Phi) is 1.98. The van der Waals surface area contributed by atoms with Crippen molar-refractivity contribution in [3.63, 3.8) is 0 Å². The molecule has 4 atom stereocenters. The SMILES string of the molecule is Cc1coc2c1[C@]1(C)OC(=O)[C@H]3CCC[C@H](C2)[C@@]31C. The predicted octanol–water partition coefficient (Wildman–Crippen LogP) is 3.34. The van der Waals surface area contributed by atoms with Crippen LogP contribution in [0.5, 0.6) is 0 Å². The molecule has 0 bridgehead atoms. The maximum Gasteiger partial charge on any atom is 0.310 e. The number of hydrogen-bond donors (Lipinski definition) is 0. The second kappa shape index (κ2) is 3.25. The van der Waals surface area contributed by atoms with Gasteiger partial charge in [0.1, 0.15) is 11.4 Å². The van der Waals surface area contributed by atoms with Gasteiger partial charge in [0.05, 0.1) is 12.2 Å². The molecule has 3 nitrogen and oxygen atoms in total. The van der Waals surface area contributed by atoms with E-state index in [1.807, 2.05) is 6.26 Å². The first-order chi connectivity index (χ1) is 8.98. The van der Waals surface area contributed by atoms with E-state index < -0.39 is 5.60 Å². The number of furan rings is 1. The monoisotopic (exact) mass is 260 g/mol. The summed E-state index contributed by atoms with van der Waals surface area (Å²) in [6, 6.07) is 0. The normalized spacial score (nSPS) is 43.6. The van der Waals surface area contributed by atoms with Crippen molar-refractivity contribution in [1.82, 2.24) is 0 Å². The van der Waals surface area contributed by atoms with Gasteiger partial charge in [-0.2, -0.15) is 0 Å². The van der Waals surface area contributed by atoms with E-state index >= 15 is 0 Å². The van der Waals surface area contributed by atoms with Crippen molar-refractivity contribution in [1.29, 1.82) is 0 Å². The molecule has 1 aliphatic heterocycles. The van der Waals surface area contributed by atoms with E-state index in [0.29, 0.717) is 5.92 Å². The molecule has 1 saturated heterocycles. The Hall–Kier alpha value is -1.25. The molecule has 2 fully saturated rings. The number of hydrogen-bond acceptors (Lipinski definition) is 3. The molecule has 0 amide bonds. The smallest absolute Gasteiger partial charge is 0.310 e. The molecule has 1 aromatic rings. The Bertz CT molecular complexity index is 573. The average molecular weight is 260 g/mol. The van der Waals surface area contributed by atoms with Crippen molar-refractivity contribution < 1.29 is 13.9 Å². The fourth-order valence-electron chi connectivity index (χ4n) is 5.07. The molecule has 1 aromatic heterocycles. The summed E-state index contributed by atoms with van der Waals surface area (Å²) in [5.41, 5.74) is 1.70. The highest BCUT2D eigenvalue weighted by atomic mass is 16.6. The van der Waals surface area contributed by atoms with Crippen LogP contribution in [0, 0.1) is 24.2 Å². The Balaban J connectivity index is 2.00. The highest BCUT2D eigenvalue weighted by molar-refractivity contribution is 5.78. The topological polar surface area (TPSA) is 39.4 Å². The van der Waals surface area contributed by atoms with Gasteiger partial charge in [-0.25, -0.2) is 0 Å². The zero-order chi connectivity index (χ0) is 13.4. The van der Waals surface area contributed by atoms with Gasteiger partial charge in [-0.15, -0.1) is 0 Å². The van der Waals surface area contributed by atoms with Crippen molar-refractivity contribution >= 4 is 5.97 Å². The van der Waals surface area contributed by atoms with Crippen LogP contribution in [0.4, 0.5) is 0 Å². The first kappa shape index (κ1) is 11.6. The number of carbonyl (C=O) groups excluding carboxylic acids is 1. The maximum atomic E-state index is 12.4. The maximum absolute atomic E-state index is 12.4. The molecule has 0 unspecified atom stereocenters. The molecule has 4 rings (SSSR count). The van der Waals surface area contributed by atoms with Crippen molar-refractivity contribution in [2.75, 3.05) is 0 Å². The lowest BCUT2D eigenvalue weighted by Gasteiger charge is -2.51. The van der Waals surface area contributed by atoms with Gasteiger partial charge >= 0.3 is 5.97 Å². The van der Waals surface area contributed by atoms with Crippen molar-refractivity contribution in [3.05, 3.63) is 23.2 Å². The highest BCUT2D eigenvalue weighted by Gasteiger charge is 2.69. The summed E-state index contributed by atoms with van der Waals surface area (Å²) in [7, 11) is 0. The Morgan fingerprint density at radius 3 is 2.89 bits per heavy atom. The molecule has 2 heterocycles. The fraction of sp³-hybridized carbons (Fsp3) is 0.688. The molecule has 1 saturated carbocycles. The second-order valence-corrected chi connectivity index (χ2v) is 6.84. The number of esters is 1. The lowest BCUT2D eigenvalue weighted by molar-refractivity contribution is -0.153. The lowest BCUT2D eigenvalue weighted by atomic mass is 9.50. The first-order valence-electron chi connectivity index (χ1n) is 7.29. The molecule has 2 aliphatic carbocycles. The van der Waals surface area contributed by atoms with Crippen molar-refractivity contribution in [2.24, 2.45) is 17.3 Å². The molecular formula is C16H20O3. The van der Waals surface area contributed by atoms with Gasteiger partial charge in [0.15, 0.2) is 0 Å². The fourth-order valence-corrected chi connectivity index (χ4v) is 5.07. The van der Waals surface area contributed by atoms with Gasteiger partial charge in [0, 0.05) is 17.4 Å². The minimum absolute atomic E-state index is 0.00292. The minimum atomic E-state index is -0.496. The van der Waals surface area contributed by atoms with Crippen molar-refractivity contribution in [3.8, 4) is 0 Å². The Labute approximate surface area is 113 Å². The number of ether oxygens (including phenoxy) is 1. The summed E-state index contributed by atoms with van der Waals surface area (Å²) in [4.78, 5) is 12.4. The van der Waals surface area contributed by atoms with Crippen LogP contribution in [0.3, 0.4) is 0 Å². The average Bonchev–Trinajstić information content (AvgIpc) is 2.80. The molecule has 0 radical (unpaired) electrons. The summed E-state index contributed by atoms with van der Waals surface area (Å²) in [6.07, 6.45) is 6.07. The Morgan fingerprint density at radius 1 is 1.32 bits per heavy atom. The third kappa shape index (κ3) is 1.09.